The van der Waals surface area contributed by atoms with Gasteiger partial charge in [0.1, 0.15) is 11.9 Å². The molecular weight excluding hydrogens is 463 g/mol. The van der Waals surface area contributed by atoms with Gasteiger partial charge in [-0.3, -0.25) is 9.78 Å². The molecule has 3 heterocycles. The van der Waals surface area contributed by atoms with Gasteiger partial charge in [0.05, 0.1) is 21.6 Å². The Morgan fingerprint density at radius 2 is 2.10 bits per heavy atom. The lowest BCUT2D eigenvalue weighted by Crippen LogP contribution is -2.55. The van der Waals surface area contributed by atoms with Crippen molar-refractivity contribution >= 4 is 44.7 Å². The molecule has 4 rings (SSSR count). The highest BCUT2D eigenvalue weighted by Crippen LogP contribution is 2.35. The van der Waals surface area contributed by atoms with E-state index in [0.29, 0.717) is 0 Å². The molecule has 1 aliphatic heterocycles. The van der Waals surface area contributed by atoms with E-state index in [4.69, 9.17) is 11.6 Å². The minimum absolute atomic E-state index is 0.136. The van der Waals surface area contributed by atoms with Crippen molar-refractivity contribution in [1.82, 2.24) is 14.0 Å². The van der Waals surface area contributed by atoms with E-state index in [1.54, 1.807) is 6.20 Å². The highest BCUT2D eigenvalue weighted by atomic mass is 35.5. The molecule has 1 aromatic carbocycles. The quantitative estimate of drug-likeness (QED) is 0.593. The maximum absolute atomic E-state index is 13.4. The third-order valence-corrected chi connectivity index (χ3v) is 8.05. The number of aromatic nitrogens is 1. The summed E-state index contributed by atoms with van der Waals surface area (Å²) in [6.45, 7) is 0. The monoisotopic (exact) mass is 480 g/mol. The molecule has 1 amide bonds. The van der Waals surface area contributed by atoms with Gasteiger partial charge in [-0.05, 0) is 48.9 Å². The van der Waals surface area contributed by atoms with E-state index in [2.05, 4.69) is 15.0 Å². The molecule has 0 bridgehead atoms. The van der Waals surface area contributed by atoms with Crippen LogP contribution in [0.25, 0.3) is 10.6 Å². The molecule has 0 aliphatic carbocycles. The number of anilines is 1. The topological polar surface area (TPSA) is 91.4 Å². The zero-order valence-corrected chi connectivity index (χ0v) is 18.6. The second kappa shape index (κ2) is 8.64. The number of nitrogens with one attached hydrogen (secondary N) is 2. The van der Waals surface area contributed by atoms with Crippen molar-refractivity contribution in [2.75, 3.05) is 12.4 Å². The number of nitrogens with zero attached hydrogens (tertiary/aromatic N) is 2. The predicted molar refractivity (Wildman–Crippen MR) is 119 cm³/mol. The van der Waals surface area contributed by atoms with Crippen molar-refractivity contribution in [3.8, 4) is 10.6 Å². The first-order valence-corrected chi connectivity index (χ1v) is 11.9. The number of rotatable bonds is 4. The van der Waals surface area contributed by atoms with Gasteiger partial charge in [-0.15, -0.1) is 11.3 Å². The number of thiophene rings is 1. The number of pyridine rings is 1. The highest BCUT2D eigenvalue weighted by Gasteiger charge is 2.41. The van der Waals surface area contributed by atoms with Crippen LogP contribution in [0.5, 0.6) is 0 Å². The number of hydrogen-bond donors (Lipinski definition) is 2. The molecule has 1 fully saturated rings. The summed E-state index contributed by atoms with van der Waals surface area (Å²) in [7, 11) is -2.55. The van der Waals surface area contributed by atoms with Gasteiger partial charge in [0.15, 0.2) is 0 Å². The van der Waals surface area contributed by atoms with Crippen LogP contribution in [-0.4, -0.2) is 36.7 Å². The second-order valence-electron chi connectivity index (χ2n) is 6.98. The Hall–Kier alpha value is -2.37. The Balaban J connectivity index is 1.57. The van der Waals surface area contributed by atoms with E-state index in [0.717, 1.165) is 25.8 Å². The summed E-state index contributed by atoms with van der Waals surface area (Å²) in [6, 6.07) is 11.5. The first kappa shape index (κ1) is 21.8. The van der Waals surface area contributed by atoms with Crippen LogP contribution in [0.2, 0.25) is 5.02 Å². The largest absolute Gasteiger partial charge is 0.325 e. The number of halogens is 2. The maximum Gasteiger partial charge on any atom is 0.280 e. The molecule has 0 spiro atoms. The predicted octanol–water partition coefficient (Wildman–Crippen LogP) is 3.82. The fraction of sp³-hybridized carbons (Fsp3) is 0.200. The Bertz CT molecular complexity index is 1220. The van der Waals surface area contributed by atoms with E-state index in [-0.39, 0.29) is 17.1 Å². The van der Waals surface area contributed by atoms with Crippen LogP contribution in [0.4, 0.5) is 10.1 Å². The molecule has 1 saturated heterocycles. The van der Waals surface area contributed by atoms with Crippen molar-refractivity contribution in [2.24, 2.45) is 0 Å². The number of hydrogen-bond acceptors (Lipinski definition) is 5. The van der Waals surface area contributed by atoms with Crippen LogP contribution >= 0.6 is 22.9 Å². The molecule has 2 N–H and O–H groups in total. The first-order valence-electron chi connectivity index (χ1n) is 9.27. The highest BCUT2D eigenvalue weighted by molar-refractivity contribution is 7.87. The smallest absolute Gasteiger partial charge is 0.280 e. The molecule has 0 saturated carbocycles. The van der Waals surface area contributed by atoms with Gasteiger partial charge in [-0.25, -0.2) is 4.39 Å². The van der Waals surface area contributed by atoms with E-state index >= 15 is 0 Å². The number of carbonyl (C=O) groups is 1. The van der Waals surface area contributed by atoms with Gasteiger partial charge in [-0.1, -0.05) is 17.7 Å². The zero-order chi connectivity index (χ0) is 22.2. The summed E-state index contributed by atoms with van der Waals surface area (Å²) >= 11 is 7.18. The van der Waals surface area contributed by atoms with Gasteiger partial charge in [0.25, 0.3) is 10.2 Å². The van der Waals surface area contributed by atoms with Crippen LogP contribution in [-0.2, 0) is 15.0 Å². The summed E-state index contributed by atoms with van der Waals surface area (Å²) in [4.78, 5) is 18.9. The van der Waals surface area contributed by atoms with E-state index < -0.39 is 34.0 Å². The third kappa shape index (κ3) is 4.63. The third-order valence-electron chi connectivity index (χ3n) is 4.95. The lowest BCUT2D eigenvalue weighted by atomic mass is 10.1. The molecule has 7 nitrogen and oxygen atoms in total. The number of amides is 1. The standard InChI is InChI=1S/C20H18ClFN4O3S2/c1-26-17(20(27)24-12-5-6-14(22)13(21)10-12)11-16(25-31(26,28)29)19-8-7-18(30-19)15-4-2-3-9-23-15/h2-10,16-17,25H,11H2,1H3,(H,24,27). The van der Waals surface area contributed by atoms with Crippen molar-refractivity contribution in [3.63, 3.8) is 0 Å². The Labute approximate surface area is 188 Å². The fourth-order valence-corrected chi connectivity index (χ4v) is 5.85. The summed E-state index contributed by atoms with van der Waals surface area (Å²) in [5.41, 5.74) is 1.07. The molecule has 162 valence electrons. The Kier molecular flexibility index (Phi) is 6.09. The van der Waals surface area contributed by atoms with Gasteiger partial charge in [0, 0.05) is 23.8 Å². The first-order chi connectivity index (χ1) is 14.7. The van der Waals surface area contributed by atoms with E-state index in [1.165, 1.54) is 30.5 Å². The van der Waals surface area contributed by atoms with E-state index in [1.807, 2.05) is 30.3 Å². The second-order valence-corrected chi connectivity index (χ2v) is 10.3. The van der Waals surface area contributed by atoms with Gasteiger partial charge in [-0.2, -0.15) is 17.4 Å². The fourth-order valence-electron chi connectivity index (χ4n) is 3.28. The normalized spacial score (nSPS) is 21.0. The molecule has 1 aliphatic rings. The van der Waals surface area contributed by atoms with Crippen LogP contribution in [0, 0.1) is 5.82 Å². The Morgan fingerprint density at radius 3 is 2.81 bits per heavy atom. The summed E-state index contributed by atoms with van der Waals surface area (Å²) in [6.07, 6.45) is 1.91. The lowest BCUT2D eigenvalue weighted by Gasteiger charge is -2.35. The van der Waals surface area contributed by atoms with Gasteiger partial charge >= 0.3 is 0 Å². The molecular formula is C20H18ClFN4O3S2. The van der Waals surface area contributed by atoms with Gasteiger partial charge < -0.3 is 5.32 Å². The average molecular weight is 481 g/mol. The van der Waals surface area contributed by atoms with Crippen molar-refractivity contribution in [2.45, 2.75) is 18.5 Å². The van der Waals surface area contributed by atoms with E-state index in [9.17, 15) is 17.6 Å². The molecule has 2 atom stereocenters. The summed E-state index contributed by atoms with van der Waals surface area (Å²) in [5.74, 6) is -1.13. The van der Waals surface area contributed by atoms with Gasteiger partial charge in [0.2, 0.25) is 5.91 Å². The number of likely N-dealkylation sites (N-methyl/N-ethyl adjacent to an activating group) is 1. The summed E-state index contributed by atoms with van der Waals surface area (Å²) in [5, 5.41) is 2.48. The van der Waals surface area contributed by atoms with Crippen molar-refractivity contribution < 1.29 is 17.6 Å². The lowest BCUT2D eigenvalue weighted by molar-refractivity contribution is -0.120. The maximum atomic E-state index is 13.4. The molecule has 2 aromatic heterocycles. The van der Waals surface area contributed by atoms with Crippen LogP contribution in [0.3, 0.4) is 0 Å². The van der Waals surface area contributed by atoms with Crippen molar-refractivity contribution in [3.05, 3.63) is 70.4 Å². The molecule has 11 heteroatoms. The number of carbonyl (C=O) groups excluding carboxylic acids is 1. The molecule has 3 aromatic rings. The Morgan fingerprint density at radius 1 is 1.29 bits per heavy atom. The van der Waals surface area contributed by atoms with Crippen LogP contribution in [0.1, 0.15) is 17.3 Å². The minimum atomic E-state index is -3.89. The molecule has 2 unspecified atom stereocenters. The van der Waals surface area contributed by atoms with Crippen LogP contribution < -0.4 is 10.0 Å². The van der Waals surface area contributed by atoms with Crippen molar-refractivity contribution in [1.29, 1.82) is 0 Å². The number of benzene rings is 1. The molecule has 0 radical (unpaired) electrons. The average Bonchev–Trinajstić information content (AvgIpc) is 3.23. The minimum Gasteiger partial charge on any atom is -0.325 e. The zero-order valence-electron chi connectivity index (χ0n) is 16.2. The SMILES string of the molecule is CN1C(C(=O)Nc2ccc(F)c(Cl)c2)CC(c2ccc(-c3ccccn3)s2)NS1(=O)=O. The molecule has 31 heavy (non-hydrogen) atoms. The summed E-state index contributed by atoms with van der Waals surface area (Å²) < 4.78 is 42.3. The van der Waals surface area contributed by atoms with Crippen LogP contribution in [0.15, 0.2) is 54.7 Å².